The molecule has 4 saturated carbocycles. The molecule has 0 bridgehead atoms. The third-order valence-corrected chi connectivity index (χ3v) is 8.54. The van der Waals surface area contributed by atoms with Crippen molar-refractivity contribution in [3.63, 3.8) is 0 Å². The standard InChI is InChI=1S/C21H30O6/c1-11(23)27-19-15(24)6-8-21(10-22)14-5-7-20(2)13(3-4-17(20)26)12(14)9-16(25)18(19)21/h10,12-15,17-19,24,26H,3-9H2,1-2H3/t12-,13-,14-,15-,17-,18-,19?,20-,21-/m0/s1. The number of ketones is 1. The van der Waals surface area contributed by atoms with E-state index in [1.807, 2.05) is 0 Å². The summed E-state index contributed by atoms with van der Waals surface area (Å²) in [5.41, 5.74) is -1.05. The molecule has 0 spiro atoms. The smallest absolute Gasteiger partial charge is 0.303 e. The zero-order valence-electron chi connectivity index (χ0n) is 16.1. The first kappa shape index (κ1) is 19.1. The predicted molar refractivity (Wildman–Crippen MR) is 95.5 cm³/mol. The van der Waals surface area contributed by atoms with Crippen molar-refractivity contribution in [2.75, 3.05) is 0 Å². The van der Waals surface area contributed by atoms with Crippen LogP contribution in [0.15, 0.2) is 0 Å². The van der Waals surface area contributed by atoms with E-state index in [1.54, 1.807) is 0 Å². The van der Waals surface area contributed by atoms with Crippen LogP contribution < -0.4 is 0 Å². The first-order valence-electron chi connectivity index (χ1n) is 10.3. The second-order valence-corrected chi connectivity index (χ2v) is 9.57. The Morgan fingerprint density at radius 2 is 1.89 bits per heavy atom. The lowest BCUT2D eigenvalue weighted by Crippen LogP contribution is -2.64. The number of hydrogen-bond acceptors (Lipinski definition) is 6. The van der Waals surface area contributed by atoms with Crippen LogP contribution in [0.5, 0.6) is 0 Å². The van der Waals surface area contributed by atoms with Crippen molar-refractivity contribution in [1.82, 2.24) is 0 Å². The fraction of sp³-hybridized carbons (Fsp3) is 0.857. The summed E-state index contributed by atoms with van der Waals surface area (Å²) in [5, 5.41) is 21.0. The Bertz CT molecular complexity index is 661. The molecule has 27 heavy (non-hydrogen) atoms. The number of aldehydes is 1. The van der Waals surface area contributed by atoms with E-state index in [-0.39, 0.29) is 35.1 Å². The van der Waals surface area contributed by atoms with Gasteiger partial charge in [0.25, 0.3) is 0 Å². The Kier molecular flexibility index (Phi) is 4.50. The molecule has 4 fully saturated rings. The van der Waals surface area contributed by atoms with E-state index in [0.717, 1.165) is 32.0 Å². The number of aliphatic hydroxyl groups is 2. The normalized spacial score (nSPS) is 51.7. The Labute approximate surface area is 159 Å². The topological polar surface area (TPSA) is 101 Å². The van der Waals surface area contributed by atoms with Crippen LogP contribution in [0.1, 0.15) is 58.8 Å². The van der Waals surface area contributed by atoms with E-state index >= 15 is 0 Å². The first-order valence-corrected chi connectivity index (χ1v) is 10.3. The number of esters is 1. The molecule has 2 N–H and O–H groups in total. The molecule has 4 aliphatic carbocycles. The van der Waals surface area contributed by atoms with E-state index < -0.39 is 29.5 Å². The van der Waals surface area contributed by atoms with E-state index in [9.17, 15) is 24.6 Å². The van der Waals surface area contributed by atoms with Crippen molar-refractivity contribution in [2.45, 2.75) is 77.1 Å². The number of rotatable bonds is 2. The fourth-order valence-electron chi connectivity index (χ4n) is 7.27. The second-order valence-electron chi connectivity index (χ2n) is 9.57. The minimum absolute atomic E-state index is 0.0478. The SMILES string of the molecule is CC(=O)OC1[C@@H](O)CC[C@@]2(C=O)[C@H]1C(=O)C[C@H]1[C@@H]3CC[C@H](O)[C@@]3(C)CC[C@@H]12. The van der Waals surface area contributed by atoms with Crippen LogP contribution in [-0.4, -0.2) is 46.6 Å². The highest BCUT2D eigenvalue weighted by Crippen LogP contribution is 2.65. The number of ether oxygens (including phenoxy) is 1. The minimum Gasteiger partial charge on any atom is -0.459 e. The van der Waals surface area contributed by atoms with Crippen LogP contribution in [0.2, 0.25) is 0 Å². The van der Waals surface area contributed by atoms with E-state index in [4.69, 9.17) is 4.74 Å². The lowest BCUT2D eigenvalue weighted by atomic mass is 9.44. The monoisotopic (exact) mass is 378 g/mol. The highest BCUT2D eigenvalue weighted by Gasteiger charge is 2.66. The quantitative estimate of drug-likeness (QED) is 0.560. The van der Waals surface area contributed by atoms with Crippen LogP contribution in [0, 0.1) is 34.5 Å². The Morgan fingerprint density at radius 1 is 1.15 bits per heavy atom. The van der Waals surface area contributed by atoms with E-state index in [1.165, 1.54) is 6.92 Å². The average molecular weight is 378 g/mol. The molecule has 0 aromatic heterocycles. The molecule has 4 rings (SSSR count). The molecular formula is C21H30O6. The summed E-state index contributed by atoms with van der Waals surface area (Å²) in [5.74, 6) is -0.980. The zero-order chi connectivity index (χ0) is 19.6. The van der Waals surface area contributed by atoms with E-state index in [2.05, 4.69) is 6.92 Å². The van der Waals surface area contributed by atoms with Crippen LogP contribution in [0.3, 0.4) is 0 Å². The van der Waals surface area contributed by atoms with Crippen molar-refractivity contribution in [2.24, 2.45) is 34.5 Å². The molecule has 6 heteroatoms. The van der Waals surface area contributed by atoms with Crippen LogP contribution in [-0.2, 0) is 19.1 Å². The molecule has 0 aliphatic heterocycles. The largest absolute Gasteiger partial charge is 0.459 e. The summed E-state index contributed by atoms with van der Waals surface area (Å²) in [6.07, 6.45) is 3.19. The Balaban J connectivity index is 1.73. The van der Waals surface area contributed by atoms with Crippen LogP contribution >= 0.6 is 0 Å². The first-order chi connectivity index (χ1) is 12.7. The van der Waals surface area contributed by atoms with Crippen LogP contribution in [0.4, 0.5) is 0 Å². The molecule has 9 atom stereocenters. The van der Waals surface area contributed by atoms with Crippen LogP contribution in [0.25, 0.3) is 0 Å². The highest BCUT2D eigenvalue weighted by atomic mass is 16.6. The maximum Gasteiger partial charge on any atom is 0.303 e. The summed E-state index contributed by atoms with van der Waals surface area (Å²) >= 11 is 0. The van der Waals surface area contributed by atoms with Gasteiger partial charge in [-0.05, 0) is 61.7 Å². The van der Waals surface area contributed by atoms with Crippen molar-refractivity contribution < 1.29 is 29.3 Å². The molecule has 1 unspecified atom stereocenters. The van der Waals surface area contributed by atoms with Gasteiger partial charge in [0.05, 0.1) is 18.1 Å². The molecule has 4 aliphatic rings. The number of aliphatic hydroxyl groups excluding tert-OH is 2. The summed E-state index contributed by atoms with van der Waals surface area (Å²) in [4.78, 5) is 37.3. The third-order valence-electron chi connectivity index (χ3n) is 8.54. The van der Waals surface area contributed by atoms with Gasteiger partial charge in [0.15, 0.2) is 0 Å². The Hall–Kier alpha value is -1.27. The van der Waals surface area contributed by atoms with Gasteiger partial charge in [0, 0.05) is 18.8 Å². The molecule has 0 radical (unpaired) electrons. The third kappa shape index (κ3) is 2.55. The predicted octanol–water partition coefficient (Wildman–Crippen LogP) is 1.65. The zero-order valence-corrected chi connectivity index (χ0v) is 16.1. The van der Waals surface area contributed by atoms with Crippen molar-refractivity contribution in [3.05, 3.63) is 0 Å². The molecule has 150 valence electrons. The van der Waals surface area contributed by atoms with Crippen molar-refractivity contribution in [1.29, 1.82) is 0 Å². The number of carbonyl (C=O) groups excluding carboxylic acids is 3. The lowest BCUT2D eigenvalue weighted by molar-refractivity contribution is -0.197. The molecule has 0 amide bonds. The summed E-state index contributed by atoms with van der Waals surface area (Å²) < 4.78 is 5.36. The second kappa shape index (κ2) is 6.38. The van der Waals surface area contributed by atoms with Gasteiger partial charge in [0.1, 0.15) is 18.2 Å². The summed E-state index contributed by atoms with van der Waals surface area (Å²) in [7, 11) is 0. The van der Waals surface area contributed by atoms with Gasteiger partial charge in [-0.1, -0.05) is 6.92 Å². The van der Waals surface area contributed by atoms with Crippen molar-refractivity contribution in [3.8, 4) is 0 Å². The van der Waals surface area contributed by atoms with Gasteiger partial charge in [-0.3, -0.25) is 9.59 Å². The summed E-state index contributed by atoms with van der Waals surface area (Å²) in [6.45, 7) is 3.40. The summed E-state index contributed by atoms with van der Waals surface area (Å²) in [6, 6.07) is 0. The number of carbonyl (C=O) groups is 3. The van der Waals surface area contributed by atoms with Crippen molar-refractivity contribution >= 4 is 18.0 Å². The van der Waals surface area contributed by atoms with Gasteiger partial charge < -0.3 is 19.7 Å². The number of hydrogen-bond donors (Lipinski definition) is 2. The minimum atomic E-state index is -0.933. The van der Waals surface area contributed by atoms with Gasteiger partial charge in [-0.25, -0.2) is 0 Å². The van der Waals surface area contributed by atoms with E-state index in [0.29, 0.717) is 19.3 Å². The van der Waals surface area contributed by atoms with Gasteiger partial charge in [0.2, 0.25) is 0 Å². The molecule has 0 aromatic rings. The molecule has 0 heterocycles. The Morgan fingerprint density at radius 3 is 2.56 bits per heavy atom. The maximum absolute atomic E-state index is 13.2. The fourth-order valence-corrected chi connectivity index (χ4v) is 7.27. The average Bonchev–Trinajstić information content (AvgIpc) is 2.92. The van der Waals surface area contributed by atoms with Gasteiger partial charge in [-0.15, -0.1) is 0 Å². The lowest BCUT2D eigenvalue weighted by Gasteiger charge is -2.59. The van der Waals surface area contributed by atoms with Gasteiger partial charge >= 0.3 is 5.97 Å². The van der Waals surface area contributed by atoms with Gasteiger partial charge in [-0.2, -0.15) is 0 Å². The molecule has 0 saturated heterocycles. The molecule has 0 aromatic carbocycles. The molecule has 6 nitrogen and oxygen atoms in total. The highest BCUT2D eigenvalue weighted by molar-refractivity contribution is 5.88. The molecular weight excluding hydrogens is 348 g/mol. The number of fused-ring (bicyclic) bond motifs is 5. The number of Topliss-reactive ketones (excluding diaryl/α,β-unsaturated/α-hetero) is 1. The maximum atomic E-state index is 13.2.